The number of allylic oxidation sites excluding steroid dienone is 2. The maximum Gasteiger partial charge on any atom is 0.184 e. The van der Waals surface area contributed by atoms with Crippen LogP contribution < -0.4 is 0 Å². The highest BCUT2D eigenvalue weighted by Crippen LogP contribution is 2.15. The third-order valence-electron chi connectivity index (χ3n) is 3.16. The highest BCUT2D eigenvalue weighted by molar-refractivity contribution is 6.53. The fourth-order valence-corrected chi connectivity index (χ4v) is 4.20. The Morgan fingerprint density at radius 1 is 1.16 bits per heavy atom. The molecule has 0 N–H and O–H groups in total. The Labute approximate surface area is 119 Å². The number of hydrogen-bond acceptors (Lipinski definition) is 1. The van der Waals surface area contributed by atoms with E-state index in [0.717, 1.165) is 24.9 Å². The molecule has 0 fully saturated rings. The molecule has 19 heavy (non-hydrogen) atoms. The number of benzene rings is 1. The third kappa shape index (κ3) is 6.55. The van der Waals surface area contributed by atoms with Crippen molar-refractivity contribution in [2.45, 2.75) is 44.4 Å². The van der Waals surface area contributed by atoms with Gasteiger partial charge >= 0.3 is 0 Å². The lowest BCUT2D eigenvalue weighted by Crippen LogP contribution is -2.26. The van der Waals surface area contributed by atoms with Crippen LogP contribution in [0, 0.1) is 0 Å². The fraction of sp³-hybridized carbons (Fsp3) is 0.412. The van der Waals surface area contributed by atoms with Crippen molar-refractivity contribution in [3.8, 4) is 0 Å². The molecule has 0 spiro atoms. The lowest BCUT2D eigenvalue weighted by molar-refractivity contribution is 0.190. The Kier molecular flexibility index (Phi) is 8.19. The molecule has 0 bridgehead atoms. The molecule has 0 saturated carbocycles. The SMILES string of the molecule is C=CC[SiH](CC=C)OC(CCC)Cc1ccccc1. The lowest BCUT2D eigenvalue weighted by atomic mass is 10.1. The van der Waals surface area contributed by atoms with Crippen LogP contribution in [0.4, 0.5) is 0 Å². The van der Waals surface area contributed by atoms with E-state index in [1.165, 1.54) is 12.0 Å². The molecule has 0 heterocycles. The van der Waals surface area contributed by atoms with E-state index >= 15 is 0 Å². The molecule has 104 valence electrons. The van der Waals surface area contributed by atoms with Crippen molar-refractivity contribution in [1.29, 1.82) is 0 Å². The highest BCUT2D eigenvalue weighted by Gasteiger charge is 2.16. The van der Waals surface area contributed by atoms with Crippen LogP contribution in [0.25, 0.3) is 0 Å². The zero-order valence-corrected chi connectivity index (χ0v) is 13.2. The Balaban J connectivity index is 2.59. The average molecular weight is 274 g/mol. The van der Waals surface area contributed by atoms with Crippen LogP contribution >= 0.6 is 0 Å². The van der Waals surface area contributed by atoms with Crippen LogP contribution in [-0.4, -0.2) is 15.1 Å². The van der Waals surface area contributed by atoms with Crippen LogP contribution in [-0.2, 0) is 10.8 Å². The quantitative estimate of drug-likeness (QED) is 0.450. The first-order valence-electron chi connectivity index (χ1n) is 7.21. The molecule has 1 aromatic rings. The second kappa shape index (κ2) is 9.76. The summed E-state index contributed by atoms with van der Waals surface area (Å²) in [7, 11) is -1.20. The summed E-state index contributed by atoms with van der Waals surface area (Å²) in [6, 6.07) is 12.7. The van der Waals surface area contributed by atoms with Crippen LogP contribution in [0.2, 0.25) is 12.1 Å². The van der Waals surface area contributed by atoms with Crippen LogP contribution in [0.1, 0.15) is 25.3 Å². The standard InChI is InChI=1S/C17H26OSi/c1-4-10-17(15-16-11-8-7-9-12-16)18-19(13-5-2)14-6-3/h5-9,11-12,17,19H,2-4,10,13-15H2,1H3. The van der Waals surface area contributed by atoms with Gasteiger partial charge in [0.2, 0.25) is 0 Å². The van der Waals surface area contributed by atoms with Crippen molar-refractivity contribution in [3.05, 3.63) is 61.2 Å². The normalized spacial score (nSPS) is 12.3. The first-order valence-corrected chi connectivity index (χ1v) is 9.31. The van der Waals surface area contributed by atoms with E-state index in [4.69, 9.17) is 4.43 Å². The number of rotatable bonds is 10. The van der Waals surface area contributed by atoms with Gasteiger partial charge in [0, 0.05) is 6.10 Å². The summed E-state index contributed by atoms with van der Waals surface area (Å²) in [5.41, 5.74) is 1.37. The molecule has 1 aromatic carbocycles. The highest BCUT2D eigenvalue weighted by atomic mass is 28.3. The Hall–Kier alpha value is -1.12. The summed E-state index contributed by atoms with van der Waals surface area (Å²) >= 11 is 0. The van der Waals surface area contributed by atoms with E-state index < -0.39 is 9.04 Å². The predicted molar refractivity (Wildman–Crippen MR) is 87.1 cm³/mol. The van der Waals surface area contributed by atoms with Gasteiger partial charge in [-0.1, -0.05) is 55.8 Å². The average Bonchev–Trinajstić information content (AvgIpc) is 2.41. The van der Waals surface area contributed by atoms with Gasteiger partial charge in [-0.3, -0.25) is 0 Å². The minimum absolute atomic E-state index is 0.351. The van der Waals surface area contributed by atoms with Gasteiger partial charge in [-0.05, 0) is 30.5 Å². The molecule has 0 aliphatic rings. The largest absolute Gasteiger partial charge is 0.416 e. The van der Waals surface area contributed by atoms with E-state index in [-0.39, 0.29) is 0 Å². The zero-order valence-electron chi connectivity index (χ0n) is 12.1. The molecule has 0 aliphatic heterocycles. The van der Waals surface area contributed by atoms with Crippen molar-refractivity contribution in [3.63, 3.8) is 0 Å². The molecule has 1 nitrogen and oxygen atoms in total. The van der Waals surface area contributed by atoms with Crippen LogP contribution in [0.5, 0.6) is 0 Å². The summed E-state index contributed by atoms with van der Waals surface area (Å²) < 4.78 is 6.37. The van der Waals surface area contributed by atoms with Gasteiger partial charge in [0.15, 0.2) is 9.04 Å². The van der Waals surface area contributed by atoms with Gasteiger partial charge in [0.05, 0.1) is 0 Å². The van der Waals surface area contributed by atoms with Gasteiger partial charge in [-0.2, -0.15) is 0 Å². The van der Waals surface area contributed by atoms with Crippen molar-refractivity contribution < 1.29 is 4.43 Å². The Morgan fingerprint density at radius 2 is 1.79 bits per heavy atom. The topological polar surface area (TPSA) is 9.23 Å². The molecule has 0 amide bonds. The third-order valence-corrected chi connectivity index (χ3v) is 5.65. The van der Waals surface area contributed by atoms with E-state index in [1.54, 1.807) is 0 Å². The Bertz CT molecular complexity index is 351. The van der Waals surface area contributed by atoms with Crippen molar-refractivity contribution in [2.24, 2.45) is 0 Å². The molecule has 0 radical (unpaired) electrons. The monoisotopic (exact) mass is 274 g/mol. The van der Waals surface area contributed by atoms with E-state index in [9.17, 15) is 0 Å². The minimum atomic E-state index is -1.20. The molecular formula is C17H26OSi. The van der Waals surface area contributed by atoms with Gasteiger partial charge in [-0.25, -0.2) is 0 Å². The maximum absolute atomic E-state index is 6.37. The molecule has 0 aliphatic carbocycles. The molecular weight excluding hydrogens is 248 g/mol. The second-order valence-electron chi connectivity index (χ2n) is 4.91. The minimum Gasteiger partial charge on any atom is -0.416 e. The predicted octanol–water partition coefficient (Wildman–Crippen LogP) is 4.51. The van der Waals surface area contributed by atoms with Crippen LogP contribution in [0.3, 0.4) is 0 Å². The smallest absolute Gasteiger partial charge is 0.184 e. The summed E-state index contributed by atoms with van der Waals surface area (Å²) in [6.07, 6.45) is 7.65. The van der Waals surface area contributed by atoms with E-state index in [1.807, 2.05) is 12.2 Å². The zero-order chi connectivity index (χ0) is 13.9. The summed E-state index contributed by atoms with van der Waals surface area (Å²) in [4.78, 5) is 0. The number of hydrogen-bond donors (Lipinski definition) is 0. The molecule has 0 saturated heterocycles. The summed E-state index contributed by atoms with van der Waals surface area (Å²) in [6.45, 7) is 9.90. The van der Waals surface area contributed by atoms with E-state index in [0.29, 0.717) is 6.10 Å². The maximum atomic E-state index is 6.37. The summed E-state index contributed by atoms with van der Waals surface area (Å²) in [5.74, 6) is 0. The molecule has 2 heteroatoms. The second-order valence-corrected chi connectivity index (χ2v) is 7.37. The molecule has 0 aromatic heterocycles. The Morgan fingerprint density at radius 3 is 2.32 bits per heavy atom. The van der Waals surface area contributed by atoms with Gasteiger partial charge in [-0.15, -0.1) is 13.2 Å². The van der Waals surface area contributed by atoms with Crippen molar-refractivity contribution >= 4 is 9.04 Å². The van der Waals surface area contributed by atoms with Crippen molar-refractivity contribution in [1.82, 2.24) is 0 Å². The first kappa shape index (κ1) is 15.9. The first-order chi connectivity index (χ1) is 9.30. The molecule has 1 rings (SSSR count). The molecule has 1 unspecified atom stereocenters. The van der Waals surface area contributed by atoms with E-state index in [2.05, 4.69) is 50.4 Å². The van der Waals surface area contributed by atoms with Gasteiger partial charge in [0.1, 0.15) is 0 Å². The fourth-order valence-electron chi connectivity index (χ4n) is 2.27. The lowest BCUT2D eigenvalue weighted by Gasteiger charge is -2.23. The van der Waals surface area contributed by atoms with Gasteiger partial charge < -0.3 is 4.43 Å². The van der Waals surface area contributed by atoms with Crippen LogP contribution in [0.15, 0.2) is 55.6 Å². The summed E-state index contributed by atoms with van der Waals surface area (Å²) in [5, 5.41) is 0. The van der Waals surface area contributed by atoms with Crippen molar-refractivity contribution in [2.75, 3.05) is 0 Å². The molecule has 1 atom stereocenters. The van der Waals surface area contributed by atoms with Gasteiger partial charge in [0.25, 0.3) is 0 Å².